The van der Waals surface area contributed by atoms with Gasteiger partial charge in [-0.3, -0.25) is 9.98 Å². The molecular formula is C11H15N3S. The summed E-state index contributed by atoms with van der Waals surface area (Å²) >= 11 is 1.83. The SMILES string of the molecule is CCC1CN=C(Nc2cnccc2C)S1. The van der Waals surface area contributed by atoms with Crippen molar-refractivity contribution >= 4 is 22.6 Å². The molecule has 1 unspecified atom stereocenters. The summed E-state index contributed by atoms with van der Waals surface area (Å²) in [6.45, 7) is 5.20. The van der Waals surface area contributed by atoms with Gasteiger partial charge >= 0.3 is 0 Å². The molecule has 1 aromatic rings. The van der Waals surface area contributed by atoms with Crippen LogP contribution in [0.5, 0.6) is 0 Å². The van der Waals surface area contributed by atoms with E-state index < -0.39 is 0 Å². The van der Waals surface area contributed by atoms with Gasteiger partial charge in [0.25, 0.3) is 0 Å². The number of aliphatic imine (C=N–C) groups is 1. The number of hydrogen-bond acceptors (Lipinski definition) is 4. The third-order valence-electron chi connectivity index (χ3n) is 2.45. The number of hydrogen-bond donors (Lipinski definition) is 1. The number of aryl methyl sites for hydroxylation is 1. The number of pyridine rings is 1. The van der Waals surface area contributed by atoms with Gasteiger partial charge in [-0.2, -0.15) is 0 Å². The van der Waals surface area contributed by atoms with Crippen LogP contribution in [0, 0.1) is 6.92 Å². The molecule has 1 aromatic heterocycles. The van der Waals surface area contributed by atoms with E-state index in [9.17, 15) is 0 Å². The van der Waals surface area contributed by atoms with E-state index in [0.29, 0.717) is 5.25 Å². The molecule has 0 aliphatic carbocycles. The molecule has 2 rings (SSSR count). The van der Waals surface area contributed by atoms with Crippen molar-refractivity contribution in [3.05, 3.63) is 24.0 Å². The van der Waals surface area contributed by atoms with Crippen molar-refractivity contribution in [2.45, 2.75) is 25.5 Å². The molecule has 1 aliphatic rings. The van der Waals surface area contributed by atoms with Crippen LogP contribution in [0.15, 0.2) is 23.5 Å². The maximum atomic E-state index is 4.47. The zero-order valence-electron chi connectivity index (χ0n) is 9.03. The summed E-state index contributed by atoms with van der Waals surface area (Å²) in [7, 11) is 0. The van der Waals surface area contributed by atoms with Gasteiger partial charge < -0.3 is 5.32 Å². The monoisotopic (exact) mass is 221 g/mol. The average Bonchev–Trinajstić information content (AvgIpc) is 2.69. The van der Waals surface area contributed by atoms with Gasteiger partial charge in [0, 0.05) is 11.4 Å². The minimum Gasteiger partial charge on any atom is -0.333 e. The second-order valence-corrected chi connectivity index (χ2v) is 4.90. The first-order valence-electron chi connectivity index (χ1n) is 5.18. The molecule has 1 N–H and O–H groups in total. The molecule has 0 amide bonds. The largest absolute Gasteiger partial charge is 0.333 e. The highest BCUT2D eigenvalue weighted by Crippen LogP contribution is 2.25. The van der Waals surface area contributed by atoms with Crippen molar-refractivity contribution in [1.82, 2.24) is 4.98 Å². The molecule has 0 bridgehead atoms. The highest BCUT2D eigenvalue weighted by atomic mass is 32.2. The fourth-order valence-corrected chi connectivity index (χ4v) is 2.36. The number of anilines is 1. The smallest absolute Gasteiger partial charge is 0.161 e. The number of thioether (sulfide) groups is 1. The lowest BCUT2D eigenvalue weighted by Crippen LogP contribution is -2.08. The van der Waals surface area contributed by atoms with Gasteiger partial charge in [0.2, 0.25) is 0 Å². The Morgan fingerprint density at radius 3 is 3.13 bits per heavy atom. The summed E-state index contributed by atoms with van der Waals surface area (Å²) in [6.07, 6.45) is 4.82. The van der Waals surface area contributed by atoms with Crippen LogP contribution in [-0.2, 0) is 0 Å². The quantitative estimate of drug-likeness (QED) is 0.834. The summed E-state index contributed by atoms with van der Waals surface area (Å²) in [4.78, 5) is 8.57. The number of aromatic nitrogens is 1. The Bertz CT molecular complexity index is 376. The third kappa shape index (κ3) is 2.50. The van der Waals surface area contributed by atoms with E-state index in [1.165, 1.54) is 12.0 Å². The Labute approximate surface area is 94.4 Å². The zero-order valence-corrected chi connectivity index (χ0v) is 9.84. The van der Waals surface area contributed by atoms with E-state index in [4.69, 9.17) is 0 Å². The molecular weight excluding hydrogens is 206 g/mol. The lowest BCUT2D eigenvalue weighted by molar-refractivity contribution is 0.843. The van der Waals surface area contributed by atoms with Gasteiger partial charge in [-0.1, -0.05) is 18.7 Å². The minimum absolute atomic E-state index is 0.643. The van der Waals surface area contributed by atoms with Gasteiger partial charge in [0.05, 0.1) is 18.4 Å². The Morgan fingerprint density at radius 2 is 2.47 bits per heavy atom. The molecule has 0 radical (unpaired) electrons. The van der Waals surface area contributed by atoms with Crippen LogP contribution in [0.25, 0.3) is 0 Å². The van der Waals surface area contributed by atoms with Crippen molar-refractivity contribution in [3.8, 4) is 0 Å². The standard InChI is InChI=1S/C11H15N3S/c1-3-9-6-13-11(15-9)14-10-7-12-5-4-8(10)2/h4-5,7,9H,3,6H2,1-2H3,(H,13,14). The van der Waals surface area contributed by atoms with Crippen molar-refractivity contribution in [2.24, 2.45) is 4.99 Å². The lowest BCUT2D eigenvalue weighted by Gasteiger charge is -2.08. The maximum Gasteiger partial charge on any atom is 0.161 e. The topological polar surface area (TPSA) is 37.3 Å². The molecule has 0 aromatic carbocycles. The summed E-state index contributed by atoms with van der Waals surface area (Å²) in [6, 6.07) is 2.00. The Kier molecular flexibility index (Phi) is 3.26. The van der Waals surface area contributed by atoms with E-state index in [-0.39, 0.29) is 0 Å². The van der Waals surface area contributed by atoms with Gasteiger partial charge in [-0.05, 0) is 25.0 Å². The first-order chi connectivity index (χ1) is 7.29. The van der Waals surface area contributed by atoms with E-state index in [0.717, 1.165) is 17.4 Å². The number of nitrogens with zero attached hydrogens (tertiary/aromatic N) is 2. The van der Waals surface area contributed by atoms with Crippen LogP contribution in [0.1, 0.15) is 18.9 Å². The van der Waals surface area contributed by atoms with E-state index in [1.807, 2.05) is 24.0 Å². The number of amidine groups is 1. The zero-order chi connectivity index (χ0) is 10.7. The molecule has 0 saturated heterocycles. The molecule has 0 fully saturated rings. The van der Waals surface area contributed by atoms with Gasteiger partial charge in [0.15, 0.2) is 5.17 Å². The van der Waals surface area contributed by atoms with Crippen molar-refractivity contribution in [2.75, 3.05) is 11.9 Å². The van der Waals surface area contributed by atoms with Crippen molar-refractivity contribution < 1.29 is 0 Å². The molecule has 15 heavy (non-hydrogen) atoms. The fraction of sp³-hybridized carbons (Fsp3) is 0.455. The van der Waals surface area contributed by atoms with Crippen LogP contribution < -0.4 is 5.32 Å². The molecule has 0 saturated carbocycles. The van der Waals surface area contributed by atoms with E-state index >= 15 is 0 Å². The van der Waals surface area contributed by atoms with Gasteiger partial charge in [0.1, 0.15) is 0 Å². The Hall–Kier alpha value is -1.03. The predicted molar refractivity (Wildman–Crippen MR) is 66.6 cm³/mol. The number of rotatable bonds is 2. The molecule has 2 heterocycles. The van der Waals surface area contributed by atoms with Gasteiger partial charge in [-0.25, -0.2) is 0 Å². The van der Waals surface area contributed by atoms with E-state index in [2.05, 4.69) is 29.1 Å². The van der Waals surface area contributed by atoms with Crippen LogP contribution in [-0.4, -0.2) is 21.9 Å². The minimum atomic E-state index is 0.643. The summed E-state index contributed by atoms with van der Waals surface area (Å²) in [5.41, 5.74) is 2.26. The van der Waals surface area contributed by atoms with Crippen LogP contribution >= 0.6 is 11.8 Å². The van der Waals surface area contributed by atoms with Crippen LogP contribution in [0.3, 0.4) is 0 Å². The second-order valence-electron chi connectivity index (χ2n) is 3.61. The lowest BCUT2D eigenvalue weighted by atomic mass is 10.2. The van der Waals surface area contributed by atoms with Gasteiger partial charge in [-0.15, -0.1) is 0 Å². The molecule has 3 nitrogen and oxygen atoms in total. The third-order valence-corrected chi connectivity index (χ3v) is 3.72. The van der Waals surface area contributed by atoms with Crippen LogP contribution in [0.4, 0.5) is 5.69 Å². The first-order valence-corrected chi connectivity index (χ1v) is 6.06. The fourth-order valence-electron chi connectivity index (χ4n) is 1.41. The Morgan fingerprint density at radius 1 is 1.60 bits per heavy atom. The second kappa shape index (κ2) is 4.66. The highest BCUT2D eigenvalue weighted by molar-refractivity contribution is 8.15. The predicted octanol–water partition coefficient (Wildman–Crippen LogP) is 2.68. The highest BCUT2D eigenvalue weighted by Gasteiger charge is 2.17. The maximum absolute atomic E-state index is 4.47. The normalized spacial score (nSPS) is 20.1. The summed E-state index contributed by atoms with van der Waals surface area (Å²) in [5.74, 6) is 0. The average molecular weight is 221 g/mol. The Balaban J connectivity index is 2.02. The van der Waals surface area contributed by atoms with Crippen LogP contribution in [0.2, 0.25) is 0 Å². The molecule has 1 atom stereocenters. The van der Waals surface area contributed by atoms with E-state index in [1.54, 1.807) is 6.20 Å². The molecule has 0 spiro atoms. The summed E-state index contributed by atoms with van der Waals surface area (Å²) in [5, 5.41) is 4.99. The molecule has 4 heteroatoms. The van der Waals surface area contributed by atoms with Crippen molar-refractivity contribution in [3.63, 3.8) is 0 Å². The molecule has 80 valence electrons. The number of nitrogens with one attached hydrogen (secondary N) is 1. The van der Waals surface area contributed by atoms with Crippen molar-refractivity contribution in [1.29, 1.82) is 0 Å². The first kappa shape index (κ1) is 10.5. The summed E-state index contributed by atoms with van der Waals surface area (Å²) < 4.78 is 0. The molecule has 1 aliphatic heterocycles.